The number of benzene rings is 1. The predicted octanol–water partition coefficient (Wildman–Crippen LogP) is 5.03. The average Bonchev–Trinajstić information content (AvgIpc) is 3.43. The van der Waals surface area contributed by atoms with Crippen LogP contribution in [-0.2, 0) is 29.4 Å². The van der Waals surface area contributed by atoms with Crippen molar-refractivity contribution < 1.29 is 9.22 Å². The molecule has 1 fully saturated rings. The van der Waals surface area contributed by atoms with Crippen LogP contribution in [0.25, 0.3) is 22.0 Å². The summed E-state index contributed by atoms with van der Waals surface area (Å²) in [5.74, 6) is 0.763. The summed E-state index contributed by atoms with van der Waals surface area (Å²) in [5, 5.41) is 0.870. The van der Waals surface area contributed by atoms with E-state index in [0.29, 0.717) is 44.1 Å². The van der Waals surface area contributed by atoms with Gasteiger partial charge in [0.15, 0.2) is 8.32 Å². The van der Waals surface area contributed by atoms with Crippen LogP contribution >= 0.6 is 0 Å². The van der Waals surface area contributed by atoms with E-state index in [9.17, 15) is 9.59 Å². The Labute approximate surface area is 261 Å². The third-order valence-electron chi connectivity index (χ3n) is 9.57. The van der Waals surface area contributed by atoms with Crippen LogP contribution in [0.15, 0.2) is 47.8 Å². The summed E-state index contributed by atoms with van der Waals surface area (Å²) in [5.41, 5.74) is 5.05. The van der Waals surface area contributed by atoms with Gasteiger partial charge in [-0.05, 0) is 60.8 Å². The number of hydrogen-bond acceptors (Lipinski definition) is 6. The van der Waals surface area contributed by atoms with Crippen molar-refractivity contribution >= 4 is 31.1 Å². The number of amides is 1. The third kappa shape index (κ3) is 6.25. The van der Waals surface area contributed by atoms with Gasteiger partial charge in [0.05, 0.1) is 24.1 Å². The number of piperazine rings is 1. The Morgan fingerprint density at radius 3 is 2.43 bits per heavy atom. The summed E-state index contributed by atoms with van der Waals surface area (Å²) in [4.78, 5) is 38.4. The molecule has 0 unspecified atom stereocenters. The second kappa shape index (κ2) is 12.0. The lowest BCUT2D eigenvalue weighted by Crippen LogP contribution is -2.53. The van der Waals surface area contributed by atoms with Crippen LogP contribution in [0.2, 0.25) is 18.1 Å². The maximum atomic E-state index is 13.2. The minimum Gasteiger partial charge on any atom is -0.415 e. The monoisotopic (exact) mass is 617 g/mol. The molecule has 0 spiro atoms. The number of aryl methyl sites for hydroxylation is 1. The minimum absolute atomic E-state index is 0.0168. The molecule has 1 saturated heterocycles. The van der Waals surface area contributed by atoms with Gasteiger partial charge in [0.1, 0.15) is 0 Å². The maximum absolute atomic E-state index is 13.2. The van der Waals surface area contributed by atoms with Gasteiger partial charge in [0.2, 0.25) is 11.9 Å². The van der Waals surface area contributed by atoms with Gasteiger partial charge < -0.3 is 18.8 Å². The largest absolute Gasteiger partial charge is 0.415 e. The number of hydrogen-bond donors (Lipinski definition) is 0. The lowest BCUT2D eigenvalue weighted by molar-refractivity contribution is -0.131. The van der Waals surface area contributed by atoms with Crippen molar-refractivity contribution in [3.8, 4) is 11.1 Å². The number of fused-ring (bicyclic) bond motifs is 1. The van der Waals surface area contributed by atoms with Crippen molar-refractivity contribution in [1.29, 1.82) is 0 Å². The zero-order valence-corrected chi connectivity index (χ0v) is 28.7. The number of nitrogens with zero attached hydrogens (tertiary/aromatic N) is 7. The second-order valence-corrected chi connectivity index (χ2v) is 18.5. The first-order valence-corrected chi connectivity index (χ1v) is 18.4. The molecule has 0 bridgehead atoms. The fourth-order valence-corrected chi connectivity index (χ4v) is 6.77. The maximum Gasteiger partial charge on any atom is 0.274 e. The van der Waals surface area contributed by atoms with E-state index < -0.39 is 8.32 Å². The first-order chi connectivity index (χ1) is 20.7. The summed E-state index contributed by atoms with van der Waals surface area (Å²) < 4.78 is 12.3. The fourth-order valence-electron chi connectivity index (χ4n) is 5.73. The lowest BCUT2D eigenvalue weighted by atomic mass is 10.1. The van der Waals surface area contributed by atoms with Crippen molar-refractivity contribution in [2.45, 2.75) is 78.8 Å². The molecular weight excluding hydrogens is 570 g/mol. The topological polar surface area (TPSA) is 90.4 Å². The van der Waals surface area contributed by atoms with Gasteiger partial charge in [-0.2, -0.15) is 0 Å². The van der Waals surface area contributed by atoms with Crippen LogP contribution < -0.4 is 10.5 Å². The Morgan fingerprint density at radius 2 is 1.80 bits per heavy atom. The number of aromatic nitrogens is 5. The Kier molecular flexibility index (Phi) is 8.65. The van der Waals surface area contributed by atoms with Gasteiger partial charge in [0, 0.05) is 76.5 Å². The van der Waals surface area contributed by atoms with Gasteiger partial charge in [-0.1, -0.05) is 26.8 Å². The van der Waals surface area contributed by atoms with E-state index >= 15 is 0 Å². The molecule has 236 valence electrons. The van der Waals surface area contributed by atoms with E-state index in [1.54, 1.807) is 11.6 Å². The number of rotatable bonds is 8. The molecule has 0 radical (unpaired) electrons. The summed E-state index contributed by atoms with van der Waals surface area (Å²) >= 11 is 0. The van der Waals surface area contributed by atoms with Crippen LogP contribution in [0.4, 0.5) is 5.95 Å². The molecule has 5 rings (SSSR count). The predicted molar refractivity (Wildman–Crippen MR) is 179 cm³/mol. The first-order valence-electron chi connectivity index (χ1n) is 15.5. The van der Waals surface area contributed by atoms with E-state index in [1.807, 2.05) is 41.2 Å². The van der Waals surface area contributed by atoms with E-state index in [1.165, 1.54) is 11.1 Å². The number of carbonyl (C=O) groups is 1. The van der Waals surface area contributed by atoms with Crippen LogP contribution in [0.5, 0.6) is 0 Å². The van der Waals surface area contributed by atoms with Crippen molar-refractivity contribution in [2.24, 2.45) is 7.05 Å². The Hall–Kier alpha value is -3.70. The molecule has 11 heteroatoms. The molecule has 4 heterocycles. The molecule has 0 aliphatic carbocycles. The second-order valence-electron chi connectivity index (χ2n) is 13.7. The van der Waals surface area contributed by atoms with Crippen LogP contribution in [0.3, 0.4) is 0 Å². The molecule has 3 aromatic heterocycles. The molecule has 1 aromatic carbocycles. The molecule has 10 nitrogen and oxygen atoms in total. The summed E-state index contributed by atoms with van der Waals surface area (Å²) in [7, 11) is 0.0293. The minimum atomic E-state index is -1.80. The number of carbonyl (C=O) groups excluding carboxylic acids is 1. The average molecular weight is 618 g/mol. The molecule has 44 heavy (non-hydrogen) atoms. The molecule has 1 atom stereocenters. The van der Waals surface area contributed by atoms with Gasteiger partial charge in [0.25, 0.3) is 5.56 Å². The van der Waals surface area contributed by atoms with Crippen LogP contribution in [0.1, 0.15) is 45.7 Å². The highest BCUT2D eigenvalue weighted by Crippen LogP contribution is 2.36. The van der Waals surface area contributed by atoms with Crippen molar-refractivity contribution in [1.82, 2.24) is 28.8 Å². The standard InChI is InChI=1S/C33H47N7O3Si/c1-23-19-37(14-15-43-44(8,9)33(4,5)6)21-28(23)22-40-30-16-26(10-11-29(30)31(42)36(40)7)27-17-34-32(35-18-27)38-12-13-39(25(3)41)24(2)20-38/h10-11,16-19,21,24H,12-15,20,22H2,1-9H3/t24-/m1/s1. The zero-order valence-electron chi connectivity index (χ0n) is 27.7. The van der Waals surface area contributed by atoms with E-state index in [2.05, 4.69) is 85.6 Å². The molecule has 4 aromatic rings. The summed E-state index contributed by atoms with van der Waals surface area (Å²) in [6.07, 6.45) is 8.02. The van der Waals surface area contributed by atoms with Crippen molar-refractivity contribution in [3.05, 3.63) is 64.5 Å². The van der Waals surface area contributed by atoms with Gasteiger partial charge in [-0.15, -0.1) is 0 Å². The third-order valence-corrected chi connectivity index (χ3v) is 14.1. The Bertz CT molecular complexity index is 1710. The number of anilines is 1. The van der Waals surface area contributed by atoms with Crippen molar-refractivity contribution in [3.63, 3.8) is 0 Å². The Morgan fingerprint density at radius 1 is 1.09 bits per heavy atom. The highest BCUT2D eigenvalue weighted by molar-refractivity contribution is 6.74. The van der Waals surface area contributed by atoms with E-state index in [4.69, 9.17) is 4.43 Å². The fraction of sp³-hybridized carbons (Fsp3) is 0.515. The molecule has 1 aliphatic heterocycles. The highest BCUT2D eigenvalue weighted by Gasteiger charge is 2.37. The first kappa shape index (κ1) is 31.7. The highest BCUT2D eigenvalue weighted by atomic mass is 28.4. The summed E-state index contributed by atoms with van der Waals surface area (Å²) in [6, 6.07) is 6.03. The van der Waals surface area contributed by atoms with Crippen LogP contribution in [0, 0.1) is 6.92 Å². The SMILES string of the molecule is CC(=O)N1CCN(c2ncc(-c3ccc4c(=O)n(C)n(Cc5cn(CCO[Si](C)(C)C(C)(C)C)cc5C)c4c3)cn2)C[C@H]1C. The van der Waals surface area contributed by atoms with Gasteiger partial charge in [-0.25, -0.2) is 9.97 Å². The molecule has 1 amide bonds. The molecular formula is C33H47N7O3Si. The normalized spacial score (nSPS) is 16.2. The lowest BCUT2D eigenvalue weighted by Gasteiger charge is -2.39. The molecule has 0 N–H and O–H groups in total. The quantitative estimate of drug-likeness (QED) is 0.258. The van der Waals surface area contributed by atoms with Crippen LogP contribution in [-0.4, -0.2) is 75.3 Å². The molecule has 1 aliphatic rings. The van der Waals surface area contributed by atoms with Crippen molar-refractivity contribution in [2.75, 3.05) is 31.1 Å². The van der Waals surface area contributed by atoms with E-state index in [-0.39, 0.29) is 22.5 Å². The smallest absolute Gasteiger partial charge is 0.274 e. The Balaban J connectivity index is 1.34. The van der Waals surface area contributed by atoms with Gasteiger partial charge in [-0.3, -0.25) is 19.0 Å². The zero-order chi connectivity index (χ0) is 32.0. The summed E-state index contributed by atoms with van der Waals surface area (Å²) in [6.45, 7) is 21.3. The molecule has 0 saturated carbocycles. The van der Waals surface area contributed by atoms with Gasteiger partial charge >= 0.3 is 0 Å². The van der Waals surface area contributed by atoms with E-state index in [0.717, 1.165) is 23.2 Å².